The van der Waals surface area contributed by atoms with Crippen LogP contribution in [0.2, 0.25) is 0 Å². The maximum atomic E-state index is 11.0. The van der Waals surface area contributed by atoms with Gasteiger partial charge >= 0.3 is 26.4 Å². The van der Waals surface area contributed by atoms with Crippen LogP contribution in [0.25, 0.3) is 22.5 Å². The van der Waals surface area contributed by atoms with Gasteiger partial charge in [0, 0.05) is 48.5 Å². The summed E-state index contributed by atoms with van der Waals surface area (Å²) in [7, 11) is -12.0. The van der Waals surface area contributed by atoms with Crippen LogP contribution in [0.1, 0.15) is 20.7 Å². The van der Waals surface area contributed by atoms with E-state index in [9.17, 15) is 44.1 Å². The van der Waals surface area contributed by atoms with E-state index in [1.807, 2.05) is 58.2 Å². The molecule has 4 rings (SSSR count). The van der Waals surface area contributed by atoms with Crippen molar-refractivity contribution < 1.29 is 63.5 Å². The molecular weight excluding hydrogens is 554 g/mol. The SMILES string of the molecule is F[B-](F)(F)F.F[B-](F)(F)F.O=C(O)c1ccc(-[n+]2ccc(-c3cc[n+](-c4ccc(C(=O)O)cc4)cc3)cc2)cc1. The second kappa shape index (κ2) is 13.4. The number of benzene rings is 2. The van der Waals surface area contributed by atoms with Crippen molar-refractivity contribution in [3.63, 3.8) is 0 Å². The van der Waals surface area contributed by atoms with E-state index in [-0.39, 0.29) is 11.1 Å². The fraction of sp³-hybridized carbons (Fsp3) is 0. The van der Waals surface area contributed by atoms with Gasteiger partial charge in [0.1, 0.15) is 0 Å². The third-order valence-corrected chi connectivity index (χ3v) is 4.82. The number of pyridine rings is 2. The predicted molar refractivity (Wildman–Crippen MR) is 129 cm³/mol. The number of nitrogens with zero attached hydrogens (tertiary/aromatic N) is 2. The lowest BCUT2D eigenvalue weighted by atomic mass is 10.1. The van der Waals surface area contributed by atoms with Gasteiger partial charge in [0.25, 0.3) is 0 Å². The van der Waals surface area contributed by atoms with Crippen LogP contribution in [0.5, 0.6) is 0 Å². The van der Waals surface area contributed by atoms with Crippen molar-refractivity contribution in [2.45, 2.75) is 0 Å². The summed E-state index contributed by atoms with van der Waals surface area (Å²) in [5.41, 5.74) is 4.35. The van der Waals surface area contributed by atoms with Crippen LogP contribution in [-0.4, -0.2) is 36.7 Å². The highest BCUT2D eigenvalue weighted by Crippen LogP contribution is 2.17. The van der Waals surface area contributed by atoms with Crippen molar-refractivity contribution in [3.8, 4) is 22.5 Å². The minimum absolute atomic E-state index is 0.256. The minimum Gasteiger partial charge on any atom is -0.478 e. The molecule has 0 radical (unpaired) electrons. The van der Waals surface area contributed by atoms with Crippen molar-refractivity contribution in [1.82, 2.24) is 0 Å². The lowest BCUT2D eigenvalue weighted by Gasteiger charge is -2.02. The fourth-order valence-corrected chi connectivity index (χ4v) is 3.13. The number of carbonyl (C=O) groups is 2. The largest absolute Gasteiger partial charge is 0.673 e. The highest BCUT2D eigenvalue weighted by Gasteiger charge is 2.21. The highest BCUT2D eigenvalue weighted by molar-refractivity contribution is 6.50. The van der Waals surface area contributed by atoms with Gasteiger partial charge in [-0.1, -0.05) is 0 Å². The Morgan fingerprint density at radius 3 is 0.900 bits per heavy atom. The van der Waals surface area contributed by atoms with Gasteiger partial charge in [-0.25, -0.2) is 9.59 Å². The van der Waals surface area contributed by atoms with Gasteiger partial charge in [-0.05, 0) is 35.4 Å². The third kappa shape index (κ3) is 11.3. The van der Waals surface area contributed by atoms with Gasteiger partial charge in [0.05, 0.1) is 11.1 Å². The van der Waals surface area contributed by atoms with Crippen LogP contribution in [0.4, 0.5) is 34.5 Å². The Hall–Kier alpha value is -4.75. The first kappa shape index (κ1) is 31.5. The molecule has 210 valence electrons. The first-order chi connectivity index (χ1) is 18.5. The second-order valence-corrected chi connectivity index (χ2v) is 7.68. The van der Waals surface area contributed by atoms with E-state index in [1.54, 1.807) is 48.5 Å². The molecule has 40 heavy (non-hydrogen) atoms. The summed E-state index contributed by atoms with van der Waals surface area (Å²) in [5, 5.41) is 18.0. The first-order valence-electron chi connectivity index (χ1n) is 11.0. The molecule has 2 aromatic carbocycles. The second-order valence-electron chi connectivity index (χ2n) is 7.68. The Bertz CT molecular complexity index is 1290. The summed E-state index contributed by atoms with van der Waals surface area (Å²) < 4.78 is 81.8. The summed E-state index contributed by atoms with van der Waals surface area (Å²) in [4.78, 5) is 21.9. The first-order valence-corrected chi connectivity index (χ1v) is 11.0. The molecule has 0 bridgehead atoms. The molecule has 0 spiro atoms. The van der Waals surface area contributed by atoms with Crippen LogP contribution >= 0.6 is 0 Å². The summed E-state index contributed by atoms with van der Waals surface area (Å²) >= 11 is 0. The van der Waals surface area contributed by atoms with Crippen molar-refractivity contribution in [2.75, 3.05) is 0 Å². The third-order valence-electron chi connectivity index (χ3n) is 4.82. The Morgan fingerprint density at radius 2 is 0.700 bits per heavy atom. The molecule has 16 heteroatoms. The van der Waals surface area contributed by atoms with Crippen LogP contribution in [0.15, 0.2) is 97.6 Å². The zero-order valence-electron chi connectivity index (χ0n) is 20.0. The van der Waals surface area contributed by atoms with E-state index >= 15 is 0 Å². The number of hydrogen-bond acceptors (Lipinski definition) is 2. The molecule has 0 aliphatic carbocycles. The maximum absolute atomic E-state index is 11.0. The maximum Gasteiger partial charge on any atom is 0.673 e. The van der Waals surface area contributed by atoms with E-state index in [2.05, 4.69) is 0 Å². The molecule has 6 nitrogen and oxygen atoms in total. The average molecular weight is 572 g/mol. The molecule has 0 aliphatic heterocycles. The molecule has 2 aromatic heterocycles. The Balaban J connectivity index is 0.000000482. The van der Waals surface area contributed by atoms with Gasteiger partial charge in [-0.15, -0.1) is 0 Å². The number of halogens is 8. The predicted octanol–water partition coefficient (Wildman–Crippen LogP) is 5.90. The van der Waals surface area contributed by atoms with E-state index in [4.69, 9.17) is 10.2 Å². The van der Waals surface area contributed by atoms with Crippen LogP contribution in [0, 0.1) is 0 Å². The van der Waals surface area contributed by atoms with Gasteiger partial charge < -0.3 is 44.7 Å². The Kier molecular flexibility index (Phi) is 10.5. The molecule has 0 atom stereocenters. The highest BCUT2D eigenvalue weighted by atomic mass is 19.5. The van der Waals surface area contributed by atoms with E-state index in [0.29, 0.717) is 0 Å². The van der Waals surface area contributed by atoms with Crippen molar-refractivity contribution in [1.29, 1.82) is 0 Å². The minimum atomic E-state index is -6.00. The summed E-state index contributed by atoms with van der Waals surface area (Å²) in [6, 6.07) is 21.4. The normalized spacial score (nSPS) is 10.9. The molecular formula is C24H18B2F8N2O4. The number of aromatic nitrogens is 2. The zero-order valence-corrected chi connectivity index (χ0v) is 20.0. The monoisotopic (exact) mass is 572 g/mol. The molecule has 0 amide bonds. The van der Waals surface area contributed by atoms with Gasteiger partial charge in [-0.3, -0.25) is 0 Å². The number of carboxylic acid groups (broad SMARTS) is 2. The molecule has 2 heterocycles. The van der Waals surface area contributed by atoms with Crippen LogP contribution in [0.3, 0.4) is 0 Å². The molecule has 4 aromatic rings. The Morgan fingerprint density at radius 1 is 0.475 bits per heavy atom. The van der Waals surface area contributed by atoms with Crippen molar-refractivity contribution in [3.05, 3.63) is 109 Å². The smallest absolute Gasteiger partial charge is 0.478 e. The van der Waals surface area contributed by atoms with Crippen molar-refractivity contribution in [2.24, 2.45) is 0 Å². The molecule has 0 saturated heterocycles. The zero-order chi connectivity index (χ0) is 30.1. The number of aromatic carboxylic acids is 2. The summed E-state index contributed by atoms with van der Waals surface area (Å²) in [6.07, 6.45) is 7.71. The van der Waals surface area contributed by atoms with E-state index in [0.717, 1.165) is 22.5 Å². The van der Waals surface area contributed by atoms with Crippen molar-refractivity contribution >= 4 is 26.4 Å². The lowest BCUT2D eigenvalue weighted by molar-refractivity contribution is -0.596. The van der Waals surface area contributed by atoms with Crippen LogP contribution < -0.4 is 9.13 Å². The number of rotatable bonds is 5. The molecule has 0 fully saturated rings. The number of carboxylic acids is 2. The van der Waals surface area contributed by atoms with Gasteiger partial charge in [-0.2, -0.15) is 9.13 Å². The lowest BCUT2D eigenvalue weighted by Crippen LogP contribution is -2.29. The Labute approximate surface area is 221 Å². The fourth-order valence-electron chi connectivity index (χ4n) is 3.13. The molecule has 0 aliphatic rings. The summed E-state index contributed by atoms with van der Waals surface area (Å²) in [6.45, 7) is 0. The number of hydrogen-bond donors (Lipinski definition) is 2. The van der Waals surface area contributed by atoms with Gasteiger partial charge in [0.2, 0.25) is 11.4 Å². The van der Waals surface area contributed by atoms with Crippen LogP contribution in [-0.2, 0) is 0 Å². The topological polar surface area (TPSA) is 82.4 Å². The average Bonchev–Trinajstić information content (AvgIpc) is 2.87. The molecule has 2 N–H and O–H groups in total. The molecule has 0 unspecified atom stereocenters. The standard InChI is InChI=1S/C24H16N2O4.2BF4/c27-23(28)19-1-5-21(6-2-19)25-13-9-17(10-14-25)18-11-15-26(16-12-18)22-7-3-20(4-8-22)24(29)30;2*2-1(3,4)5/h1-16H;;/q;2*-1/p+2. The van der Waals surface area contributed by atoms with E-state index < -0.39 is 26.4 Å². The van der Waals surface area contributed by atoms with E-state index in [1.165, 1.54) is 0 Å². The summed E-state index contributed by atoms with van der Waals surface area (Å²) in [5.74, 6) is -1.89. The molecule has 0 saturated carbocycles. The quantitative estimate of drug-likeness (QED) is 0.177. The van der Waals surface area contributed by atoms with Gasteiger partial charge in [0.15, 0.2) is 24.8 Å².